The number of aliphatic carboxylic acids is 1. The smallest absolute Gasteiger partial charge is 0.306 e. The van der Waals surface area contributed by atoms with Crippen LogP contribution in [0.2, 0.25) is 0 Å². The molecule has 8 heteroatoms. The molecule has 0 aliphatic heterocycles. The van der Waals surface area contributed by atoms with Crippen molar-refractivity contribution >= 4 is 39.2 Å². The summed E-state index contributed by atoms with van der Waals surface area (Å²) in [6, 6.07) is 14.5. The number of rotatable bonds is 8. The lowest BCUT2D eigenvalue weighted by Crippen LogP contribution is -2.34. The van der Waals surface area contributed by atoms with E-state index in [1.165, 1.54) is 0 Å². The van der Waals surface area contributed by atoms with Crippen LogP contribution in [0.1, 0.15) is 46.4 Å². The number of hydrogen-bond acceptors (Lipinski definition) is 5. The Labute approximate surface area is 195 Å². The Bertz CT molecular complexity index is 1130. The minimum absolute atomic E-state index is 0.00402. The zero-order valence-electron chi connectivity index (χ0n) is 18.1. The summed E-state index contributed by atoms with van der Waals surface area (Å²) in [6.07, 6.45) is 2.68. The molecule has 0 atom stereocenters. The van der Waals surface area contributed by atoms with Crippen molar-refractivity contribution in [3.8, 4) is 5.75 Å². The van der Waals surface area contributed by atoms with Gasteiger partial charge in [0.2, 0.25) is 0 Å². The average Bonchev–Trinajstić information content (AvgIpc) is 3.30. The molecule has 1 fully saturated rings. The molecule has 3 N–H and O–H groups in total. The molecule has 1 aromatic heterocycles. The number of carboxylic acids is 1. The maximum absolute atomic E-state index is 12.4. The summed E-state index contributed by atoms with van der Waals surface area (Å²) >= 11 is 1.63. The highest BCUT2D eigenvalue weighted by molar-refractivity contribution is 7.17. The topological polar surface area (TPSA) is 105 Å². The molecule has 2 aromatic carbocycles. The van der Waals surface area contributed by atoms with E-state index in [0.717, 1.165) is 10.1 Å². The highest BCUT2D eigenvalue weighted by Gasteiger charge is 2.26. The van der Waals surface area contributed by atoms with E-state index >= 15 is 0 Å². The van der Waals surface area contributed by atoms with Crippen LogP contribution in [0, 0.1) is 5.92 Å². The molecule has 1 aliphatic carbocycles. The van der Waals surface area contributed by atoms with Crippen molar-refractivity contribution in [2.24, 2.45) is 5.92 Å². The molecule has 0 saturated heterocycles. The molecule has 4 rings (SSSR count). The number of thiophene rings is 1. The SMILES string of the molecule is O=C(NCCNC(=O)c1ccc2sccc2c1)c1ccc(OC2CCC(C(=O)O)CC2)cc1. The number of carbonyl (C=O) groups is 3. The maximum Gasteiger partial charge on any atom is 0.306 e. The monoisotopic (exact) mass is 466 g/mol. The predicted molar refractivity (Wildman–Crippen MR) is 127 cm³/mol. The van der Waals surface area contributed by atoms with Crippen LogP contribution in [0.5, 0.6) is 5.75 Å². The van der Waals surface area contributed by atoms with Gasteiger partial charge in [0.25, 0.3) is 11.8 Å². The number of amides is 2. The molecule has 0 bridgehead atoms. The Morgan fingerprint density at radius 1 is 0.879 bits per heavy atom. The van der Waals surface area contributed by atoms with E-state index in [1.54, 1.807) is 41.7 Å². The largest absolute Gasteiger partial charge is 0.490 e. The molecule has 3 aromatic rings. The fraction of sp³-hybridized carbons (Fsp3) is 0.320. The molecule has 0 radical (unpaired) electrons. The van der Waals surface area contributed by atoms with Crippen molar-refractivity contribution < 1.29 is 24.2 Å². The Hall–Kier alpha value is -3.39. The normalized spacial score (nSPS) is 17.9. The van der Waals surface area contributed by atoms with Gasteiger partial charge in [0.05, 0.1) is 12.0 Å². The Kier molecular flexibility index (Phi) is 7.24. The van der Waals surface area contributed by atoms with Crippen LogP contribution in [-0.4, -0.2) is 42.1 Å². The molecule has 33 heavy (non-hydrogen) atoms. The maximum atomic E-state index is 12.4. The predicted octanol–water partition coefficient (Wildman–Crippen LogP) is 4.08. The quantitative estimate of drug-likeness (QED) is 0.434. The summed E-state index contributed by atoms with van der Waals surface area (Å²) < 4.78 is 7.07. The number of nitrogens with one attached hydrogen (secondary N) is 2. The van der Waals surface area contributed by atoms with Gasteiger partial charge >= 0.3 is 5.97 Å². The second kappa shape index (κ2) is 10.5. The van der Waals surface area contributed by atoms with Crippen LogP contribution < -0.4 is 15.4 Å². The summed E-state index contributed by atoms with van der Waals surface area (Å²) in [4.78, 5) is 35.7. The van der Waals surface area contributed by atoms with E-state index in [9.17, 15) is 14.4 Å². The number of ether oxygens (including phenoxy) is 1. The lowest BCUT2D eigenvalue weighted by Gasteiger charge is -2.26. The van der Waals surface area contributed by atoms with Gasteiger partial charge in [0.1, 0.15) is 5.75 Å². The molecule has 0 spiro atoms. The number of carbonyl (C=O) groups excluding carboxylic acids is 2. The fourth-order valence-corrected chi connectivity index (χ4v) is 4.74. The first-order chi connectivity index (χ1) is 16.0. The Morgan fingerprint density at radius 3 is 2.18 bits per heavy atom. The van der Waals surface area contributed by atoms with E-state index in [2.05, 4.69) is 10.6 Å². The van der Waals surface area contributed by atoms with Crippen LogP contribution in [0.4, 0.5) is 0 Å². The number of carboxylic acid groups (broad SMARTS) is 1. The van der Waals surface area contributed by atoms with Gasteiger partial charge in [-0.1, -0.05) is 0 Å². The first-order valence-electron chi connectivity index (χ1n) is 11.0. The number of benzene rings is 2. The van der Waals surface area contributed by atoms with E-state index in [4.69, 9.17) is 9.84 Å². The summed E-state index contributed by atoms with van der Waals surface area (Å²) in [5.41, 5.74) is 1.10. The van der Waals surface area contributed by atoms with E-state index in [0.29, 0.717) is 55.6 Å². The molecular formula is C25H26N2O5S. The van der Waals surface area contributed by atoms with Crippen molar-refractivity contribution in [2.45, 2.75) is 31.8 Å². The molecule has 1 aliphatic rings. The second-order valence-corrected chi connectivity index (χ2v) is 9.09. The van der Waals surface area contributed by atoms with Crippen molar-refractivity contribution in [3.63, 3.8) is 0 Å². The van der Waals surface area contributed by atoms with Gasteiger partial charge in [-0.05, 0) is 85.0 Å². The molecule has 1 heterocycles. The van der Waals surface area contributed by atoms with Crippen molar-refractivity contribution in [1.29, 1.82) is 0 Å². The van der Waals surface area contributed by atoms with Gasteiger partial charge in [-0.15, -0.1) is 11.3 Å². The first-order valence-corrected chi connectivity index (χ1v) is 11.9. The Morgan fingerprint density at radius 2 is 1.52 bits per heavy atom. The Balaban J connectivity index is 1.19. The lowest BCUT2D eigenvalue weighted by molar-refractivity contribution is -0.143. The van der Waals surface area contributed by atoms with Crippen LogP contribution in [0.25, 0.3) is 10.1 Å². The average molecular weight is 467 g/mol. The van der Waals surface area contributed by atoms with Crippen LogP contribution in [0.3, 0.4) is 0 Å². The van der Waals surface area contributed by atoms with E-state index < -0.39 is 5.97 Å². The highest BCUT2D eigenvalue weighted by Crippen LogP contribution is 2.28. The first kappa shape index (κ1) is 22.8. The highest BCUT2D eigenvalue weighted by atomic mass is 32.1. The third-order valence-corrected chi connectivity index (χ3v) is 6.75. The number of fused-ring (bicyclic) bond motifs is 1. The van der Waals surface area contributed by atoms with Crippen molar-refractivity contribution in [2.75, 3.05) is 13.1 Å². The molecule has 0 unspecified atom stereocenters. The van der Waals surface area contributed by atoms with Gasteiger partial charge in [0, 0.05) is 28.9 Å². The van der Waals surface area contributed by atoms with Gasteiger partial charge < -0.3 is 20.5 Å². The molecular weight excluding hydrogens is 440 g/mol. The zero-order valence-corrected chi connectivity index (χ0v) is 18.9. The third kappa shape index (κ3) is 5.90. The molecule has 1 saturated carbocycles. The van der Waals surface area contributed by atoms with Crippen molar-refractivity contribution in [3.05, 3.63) is 65.0 Å². The van der Waals surface area contributed by atoms with Crippen LogP contribution in [0.15, 0.2) is 53.9 Å². The van der Waals surface area contributed by atoms with Gasteiger partial charge in [-0.2, -0.15) is 0 Å². The van der Waals surface area contributed by atoms with Crippen molar-refractivity contribution in [1.82, 2.24) is 10.6 Å². The lowest BCUT2D eigenvalue weighted by atomic mass is 9.87. The van der Waals surface area contributed by atoms with Gasteiger partial charge in [0.15, 0.2) is 0 Å². The third-order valence-electron chi connectivity index (χ3n) is 5.85. The van der Waals surface area contributed by atoms with Gasteiger partial charge in [-0.25, -0.2) is 0 Å². The number of hydrogen-bond donors (Lipinski definition) is 3. The van der Waals surface area contributed by atoms with Gasteiger partial charge in [-0.3, -0.25) is 14.4 Å². The van der Waals surface area contributed by atoms with E-state index in [1.807, 2.05) is 23.6 Å². The summed E-state index contributed by atoms with van der Waals surface area (Å²) in [7, 11) is 0. The second-order valence-electron chi connectivity index (χ2n) is 8.14. The standard InChI is InChI=1S/C25H26N2O5S/c28-23(26-12-13-27-24(29)19-5-10-22-18(15-19)11-14-33-22)16-1-6-20(7-2-16)32-21-8-3-17(4-9-21)25(30)31/h1-2,5-7,10-11,14-15,17,21H,3-4,8-9,12-13H2,(H,26,28)(H,27,29)(H,30,31). The minimum atomic E-state index is -0.733. The summed E-state index contributed by atoms with van der Waals surface area (Å²) in [5.74, 6) is -0.734. The molecule has 2 amide bonds. The minimum Gasteiger partial charge on any atom is -0.490 e. The van der Waals surface area contributed by atoms with Crippen LogP contribution in [-0.2, 0) is 4.79 Å². The molecule has 7 nitrogen and oxygen atoms in total. The molecule has 172 valence electrons. The van der Waals surface area contributed by atoms with Crippen LogP contribution >= 0.6 is 11.3 Å². The summed E-state index contributed by atoms with van der Waals surface area (Å²) in [6.45, 7) is 0.642. The zero-order chi connectivity index (χ0) is 23.2. The summed E-state index contributed by atoms with van der Waals surface area (Å²) in [5, 5.41) is 17.7. The van der Waals surface area contributed by atoms with E-state index in [-0.39, 0.29) is 23.8 Å². The fourth-order valence-electron chi connectivity index (χ4n) is 3.97.